The highest BCUT2D eigenvalue weighted by Gasteiger charge is 2.25. The van der Waals surface area contributed by atoms with E-state index >= 15 is 0 Å². The highest BCUT2D eigenvalue weighted by molar-refractivity contribution is 7.89. The van der Waals surface area contributed by atoms with Crippen molar-refractivity contribution < 1.29 is 13.2 Å². The number of ether oxygens (including phenoxy) is 1. The van der Waals surface area contributed by atoms with Crippen LogP contribution >= 0.6 is 11.6 Å². The molecule has 0 aliphatic rings. The normalized spacial score (nSPS) is 12.5. The quantitative estimate of drug-likeness (QED) is 0.895. The number of para-hydroxylation sites is 1. The second-order valence-corrected chi connectivity index (χ2v) is 6.71. The second-order valence-electron chi connectivity index (χ2n) is 4.69. The molecule has 0 spiro atoms. The molecule has 4 nitrogen and oxygen atoms in total. The highest BCUT2D eigenvalue weighted by atomic mass is 35.5. The average molecular weight is 278 g/mol. The fourth-order valence-electron chi connectivity index (χ4n) is 1.42. The number of sulfonamides is 1. The molecule has 1 rings (SSSR count). The molecule has 0 saturated carbocycles. The topological polar surface area (TPSA) is 69.4 Å². The Labute approximate surface area is 107 Å². The molecular weight excluding hydrogens is 262 g/mol. The molecule has 0 radical (unpaired) electrons. The van der Waals surface area contributed by atoms with E-state index in [1.807, 2.05) is 0 Å². The third kappa shape index (κ3) is 5.39. The van der Waals surface area contributed by atoms with Gasteiger partial charge in [0.25, 0.3) is 0 Å². The molecule has 0 amide bonds. The fourth-order valence-corrected chi connectivity index (χ4v) is 2.78. The van der Waals surface area contributed by atoms with Gasteiger partial charge < -0.3 is 4.74 Å². The lowest BCUT2D eigenvalue weighted by molar-refractivity contribution is 0.200. The molecule has 0 aliphatic heterocycles. The number of primary sulfonamides is 1. The van der Waals surface area contributed by atoms with Crippen LogP contribution in [0.2, 0.25) is 5.02 Å². The van der Waals surface area contributed by atoms with E-state index in [2.05, 4.69) is 0 Å². The lowest BCUT2D eigenvalue weighted by atomic mass is 9.98. The molecule has 0 heterocycles. The second kappa shape index (κ2) is 5.25. The van der Waals surface area contributed by atoms with Crippen LogP contribution in [0.1, 0.15) is 13.8 Å². The van der Waals surface area contributed by atoms with Crippen molar-refractivity contribution in [1.29, 1.82) is 0 Å². The summed E-state index contributed by atoms with van der Waals surface area (Å²) in [5, 5.41) is 5.51. The van der Waals surface area contributed by atoms with Gasteiger partial charge in [-0.25, -0.2) is 13.6 Å². The molecule has 0 aromatic heterocycles. The van der Waals surface area contributed by atoms with Gasteiger partial charge >= 0.3 is 0 Å². The van der Waals surface area contributed by atoms with E-state index in [1.54, 1.807) is 38.1 Å². The van der Waals surface area contributed by atoms with Crippen molar-refractivity contribution in [1.82, 2.24) is 0 Å². The summed E-state index contributed by atoms with van der Waals surface area (Å²) in [5.74, 6) is 0.404. The number of halogens is 1. The largest absolute Gasteiger partial charge is 0.491 e. The number of benzene rings is 1. The van der Waals surface area contributed by atoms with Crippen LogP contribution in [0, 0.1) is 5.41 Å². The van der Waals surface area contributed by atoms with Crippen molar-refractivity contribution in [3.05, 3.63) is 29.3 Å². The minimum atomic E-state index is -3.51. The predicted molar refractivity (Wildman–Crippen MR) is 68.7 cm³/mol. The Morgan fingerprint density at radius 1 is 1.35 bits per heavy atom. The van der Waals surface area contributed by atoms with Gasteiger partial charge in [-0.05, 0) is 12.1 Å². The maximum atomic E-state index is 11.0. The zero-order chi connectivity index (χ0) is 13.1. The smallest absolute Gasteiger partial charge is 0.209 e. The average Bonchev–Trinajstić information content (AvgIpc) is 2.13. The zero-order valence-electron chi connectivity index (χ0n) is 9.81. The van der Waals surface area contributed by atoms with Crippen molar-refractivity contribution >= 4 is 21.6 Å². The third-order valence-electron chi connectivity index (χ3n) is 2.05. The van der Waals surface area contributed by atoms with Crippen LogP contribution in [0.4, 0.5) is 0 Å². The van der Waals surface area contributed by atoms with Gasteiger partial charge in [0.1, 0.15) is 5.75 Å². The van der Waals surface area contributed by atoms with Crippen molar-refractivity contribution in [3.63, 3.8) is 0 Å². The first-order valence-electron chi connectivity index (χ1n) is 5.07. The van der Waals surface area contributed by atoms with Crippen LogP contribution in [0.3, 0.4) is 0 Å². The summed E-state index contributed by atoms with van der Waals surface area (Å²) in [4.78, 5) is 0. The summed E-state index contributed by atoms with van der Waals surface area (Å²) in [7, 11) is -3.51. The highest BCUT2D eigenvalue weighted by Crippen LogP contribution is 2.26. The van der Waals surface area contributed by atoms with E-state index in [4.69, 9.17) is 21.5 Å². The monoisotopic (exact) mass is 277 g/mol. The predicted octanol–water partition coefficient (Wildman–Crippen LogP) is 2.03. The van der Waals surface area contributed by atoms with Crippen molar-refractivity contribution in [3.8, 4) is 5.75 Å². The van der Waals surface area contributed by atoms with E-state index in [0.29, 0.717) is 10.8 Å². The van der Waals surface area contributed by atoms with Crippen LogP contribution < -0.4 is 9.88 Å². The van der Waals surface area contributed by atoms with E-state index in [1.165, 1.54) is 0 Å². The molecule has 0 unspecified atom stereocenters. The summed E-state index contributed by atoms with van der Waals surface area (Å²) >= 11 is 5.92. The van der Waals surface area contributed by atoms with Crippen molar-refractivity contribution in [2.24, 2.45) is 10.6 Å². The summed E-state index contributed by atoms with van der Waals surface area (Å²) < 4.78 is 27.5. The standard InChI is InChI=1S/C11H16ClNO3S/c1-11(2,8-17(13,14)15)7-16-10-6-4-3-5-9(10)12/h3-6H,7-8H2,1-2H3,(H2,13,14,15). The summed E-state index contributed by atoms with van der Waals surface area (Å²) in [6.45, 7) is 3.77. The van der Waals surface area contributed by atoms with Gasteiger partial charge in [-0.2, -0.15) is 0 Å². The number of nitrogens with two attached hydrogens (primary N) is 1. The minimum Gasteiger partial charge on any atom is -0.491 e. The van der Waals surface area contributed by atoms with Crippen LogP contribution in [-0.2, 0) is 10.0 Å². The first kappa shape index (κ1) is 14.3. The SMILES string of the molecule is CC(C)(COc1ccccc1Cl)CS(N)(=O)=O. The molecule has 0 atom stereocenters. The maximum Gasteiger partial charge on any atom is 0.209 e. The van der Waals surface area contributed by atoms with Gasteiger partial charge in [0.05, 0.1) is 17.4 Å². The maximum absolute atomic E-state index is 11.0. The lowest BCUT2D eigenvalue weighted by Gasteiger charge is -2.23. The molecule has 17 heavy (non-hydrogen) atoms. The lowest BCUT2D eigenvalue weighted by Crippen LogP contribution is -2.33. The summed E-state index contributed by atoms with van der Waals surface area (Å²) in [6.07, 6.45) is 0. The molecule has 6 heteroatoms. The first-order valence-corrected chi connectivity index (χ1v) is 7.17. The molecule has 0 fully saturated rings. The van der Waals surface area contributed by atoms with Crippen molar-refractivity contribution in [2.45, 2.75) is 13.8 Å². The van der Waals surface area contributed by atoms with Crippen molar-refractivity contribution in [2.75, 3.05) is 12.4 Å². The van der Waals surface area contributed by atoms with Gasteiger partial charge in [-0.3, -0.25) is 0 Å². The fraction of sp³-hybridized carbons (Fsp3) is 0.455. The van der Waals surface area contributed by atoms with E-state index in [9.17, 15) is 8.42 Å². The molecule has 0 aliphatic carbocycles. The van der Waals surface area contributed by atoms with Gasteiger partial charge in [0.15, 0.2) is 0 Å². The van der Waals surface area contributed by atoms with Gasteiger partial charge in [-0.1, -0.05) is 37.6 Å². The van der Waals surface area contributed by atoms with Gasteiger partial charge in [0.2, 0.25) is 10.0 Å². The van der Waals surface area contributed by atoms with Gasteiger partial charge in [-0.15, -0.1) is 0 Å². The Hall–Kier alpha value is -0.780. The Morgan fingerprint density at radius 3 is 2.47 bits per heavy atom. The first-order chi connectivity index (χ1) is 7.70. The minimum absolute atomic E-state index is 0.134. The van der Waals surface area contributed by atoms with E-state index in [-0.39, 0.29) is 12.4 Å². The summed E-state index contributed by atoms with van der Waals surface area (Å²) in [5.41, 5.74) is -0.563. The van der Waals surface area contributed by atoms with Crippen LogP contribution in [-0.4, -0.2) is 20.8 Å². The molecule has 0 saturated heterocycles. The molecule has 0 bridgehead atoms. The number of hydrogen-bond acceptors (Lipinski definition) is 3. The Balaban J connectivity index is 2.65. The molecule has 1 aromatic rings. The Morgan fingerprint density at radius 2 is 1.94 bits per heavy atom. The molecule has 1 aromatic carbocycles. The van der Waals surface area contributed by atoms with E-state index in [0.717, 1.165) is 0 Å². The van der Waals surface area contributed by atoms with Crippen LogP contribution in [0.25, 0.3) is 0 Å². The molecule has 2 N–H and O–H groups in total. The van der Waals surface area contributed by atoms with Gasteiger partial charge in [0, 0.05) is 5.41 Å². The Bertz CT molecular complexity index is 485. The number of hydrogen-bond donors (Lipinski definition) is 1. The molecular formula is C11H16ClNO3S. The van der Waals surface area contributed by atoms with Crippen LogP contribution in [0.5, 0.6) is 5.75 Å². The third-order valence-corrected chi connectivity index (χ3v) is 3.54. The Kier molecular flexibility index (Phi) is 4.41. The van der Waals surface area contributed by atoms with Crippen LogP contribution in [0.15, 0.2) is 24.3 Å². The summed E-state index contributed by atoms with van der Waals surface area (Å²) in [6, 6.07) is 7.04. The van der Waals surface area contributed by atoms with E-state index < -0.39 is 15.4 Å². The zero-order valence-corrected chi connectivity index (χ0v) is 11.4. The molecule has 96 valence electrons. The number of rotatable bonds is 5.